The van der Waals surface area contributed by atoms with Crippen LogP contribution in [0.2, 0.25) is 5.02 Å². The highest BCUT2D eigenvalue weighted by atomic mass is 79.9. The van der Waals surface area contributed by atoms with E-state index in [1.54, 1.807) is 6.33 Å². The zero-order valence-corrected chi connectivity index (χ0v) is 20.2. The highest BCUT2D eigenvalue weighted by Gasteiger charge is 2.34. The van der Waals surface area contributed by atoms with E-state index in [2.05, 4.69) is 64.5 Å². The number of fused-ring (bicyclic) bond motifs is 2. The lowest BCUT2D eigenvalue weighted by Crippen LogP contribution is -2.57. The van der Waals surface area contributed by atoms with Gasteiger partial charge < -0.3 is 15.6 Å². The Hall–Kier alpha value is -2.46. The van der Waals surface area contributed by atoms with Crippen LogP contribution >= 0.6 is 27.5 Å². The molecular formula is C22H24BrClN8. The molecule has 1 fully saturated rings. The molecule has 0 amide bonds. The molecule has 2 aliphatic heterocycles. The number of nitrogens with zero attached hydrogens (tertiary/aromatic N) is 5. The normalized spacial score (nSPS) is 19.2. The topological polar surface area (TPSA) is 84.5 Å². The fraction of sp³-hybridized carbons (Fsp3) is 0.318. The number of anilines is 1. The summed E-state index contributed by atoms with van der Waals surface area (Å²) in [4.78, 5) is 17.1. The number of hydrogen-bond acceptors (Lipinski definition) is 7. The Morgan fingerprint density at radius 3 is 2.84 bits per heavy atom. The molecule has 10 heteroatoms. The van der Waals surface area contributed by atoms with Crippen LogP contribution in [0.25, 0.3) is 16.7 Å². The van der Waals surface area contributed by atoms with Gasteiger partial charge in [-0.3, -0.25) is 5.01 Å². The first-order chi connectivity index (χ1) is 15.6. The van der Waals surface area contributed by atoms with Gasteiger partial charge >= 0.3 is 0 Å². The minimum Gasteiger partial charge on any atom is -0.360 e. The summed E-state index contributed by atoms with van der Waals surface area (Å²) in [7, 11) is 0. The number of aromatic nitrogens is 3. The van der Waals surface area contributed by atoms with E-state index in [1.807, 2.05) is 31.3 Å². The van der Waals surface area contributed by atoms with E-state index in [9.17, 15) is 0 Å². The van der Waals surface area contributed by atoms with Gasteiger partial charge in [-0.15, -0.1) is 0 Å². The molecule has 8 nitrogen and oxygen atoms in total. The quantitative estimate of drug-likeness (QED) is 0.478. The van der Waals surface area contributed by atoms with Gasteiger partial charge in [0, 0.05) is 42.4 Å². The van der Waals surface area contributed by atoms with Crippen molar-refractivity contribution in [3.05, 3.63) is 51.9 Å². The Morgan fingerprint density at radius 2 is 2.06 bits per heavy atom. The average molecular weight is 516 g/mol. The number of allylic oxidation sites excluding steroid dienone is 1. The molecule has 1 saturated heterocycles. The predicted octanol–water partition coefficient (Wildman–Crippen LogP) is 4.40. The van der Waals surface area contributed by atoms with E-state index in [0.717, 1.165) is 70.3 Å². The lowest BCUT2D eigenvalue weighted by Gasteiger charge is -2.44. The molecule has 0 bridgehead atoms. The highest BCUT2D eigenvalue weighted by molar-refractivity contribution is 9.10. The van der Waals surface area contributed by atoms with Crippen molar-refractivity contribution in [1.82, 2.24) is 30.3 Å². The van der Waals surface area contributed by atoms with Crippen molar-refractivity contribution in [1.29, 1.82) is 0 Å². The summed E-state index contributed by atoms with van der Waals surface area (Å²) < 4.78 is 0.915. The smallest absolute Gasteiger partial charge is 0.146 e. The van der Waals surface area contributed by atoms with Gasteiger partial charge in [0.1, 0.15) is 23.6 Å². The zero-order valence-electron chi connectivity index (χ0n) is 17.9. The van der Waals surface area contributed by atoms with Gasteiger partial charge in [0.05, 0.1) is 27.8 Å². The van der Waals surface area contributed by atoms with Crippen molar-refractivity contribution < 1.29 is 0 Å². The average Bonchev–Trinajstić information content (AvgIpc) is 3.20. The number of aromatic amines is 1. The maximum atomic E-state index is 6.64. The van der Waals surface area contributed by atoms with E-state index in [1.165, 1.54) is 0 Å². The molecule has 2 aliphatic rings. The molecule has 0 unspecified atom stereocenters. The highest BCUT2D eigenvalue weighted by Crippen LogP contribution is 2.40. The van der Waals surface area contributed by atoms with Crippen LogP contribution in [-0.2, 0) is 0 Å². The molecule has 2 aromatic heterocycles. The maximum absolute atomic E-state index is 6.64. The minimum atomic E-state index is -0.133. The molecule has 0 aliphatic carbocycles. The molecule has 3 N–H and O–H groups in total. The van der Waals surface area contributed by atoms with Crippen LogP contribution in [0.4, 0.5) is 11.5 Å². The molecule has 1 aromatic carbocycles. The van der Waals surface area contributed by atoms with Crippen molar-refractivity contribution in [3.8, 4) is 0 Å². The number of amidine groups is 1. The molecule has 0 radical (unpaired) electrons. The van der Waals surface area contributed by atoms with Crippen LogP contribution in [0.1, 0.15) is 19.4 Å². The maximum Gasteiger partial charge on any atom is 0.146 e. The van der Waals surface area contributed by atoms with E-state index in [0.29, 0.717) is 5.02 Å². The van der Waals surface area contributed by atoms with E-state index in [-0.39, 0.29) is 6.04 Å². The van der Waals surface area contributed by atoms with Crippen molar-refractivity contribution in [2.24, 2.45) is 4.99 Å². The first kappa shape index (κ1) is 21.4. The summed E-state index contributed by atoms with van der Waals surface area (Å²) in [6.45, 7) is 7.74. The lowest BCUT2D eigenvalue weighted by molar-refractivity contribution is 0.0812. The third-order valence-electron chi connectivity index (χ3n) is 5.74. The zero-order chi connectivity index (χ0) is 22.2. The second-order valence-corrected chi connectivity index (χ2v) is 9.00. The summed E-state index contributed by atoms with van der Waals surface area (Å²) >= 11 is 10.2. The number of hydrazine groups is 1. The number of piperazine rings is 1. The van der Waals surface area contributed by atoms with Gasteiger partial charge in [-0.1, -0.05) is 23.7 Å². The fourth-order valence-corrected chi connectivity index (χ4v) is 5.02. The van der Waals surface area contributed by atoms with Crippen molar-refractivity contribution in [2.45, 2.75) is 19.9 Å². The molecule has 32 heavy (non-hydrogen) atoms. The van der Waals surface area contributed by atoms with Crippen molar-refractivity contribution in [3.63, 3.8) is 0 Å². The van der Waals surface area contributed by atoms with Crippen molar-refractivity contribution in [2.75, 3.05) is 31.5 Å². The van der Waals surface area contributed by atoms with Gasteiger partial charge in [-0.25, -0.2) is 20.0 Å². The lowest BCUT2D eigenvalue weighted by atomic mass is 10.0. The number of rotatable bonds is 4. The second-order valence-electron chi connectivity index (χ2n) is 7.74. The Labute approximate surface area is 199 Å². The Bertz CT molecular complexity index is 1210. The van der Waals surface area contributed by atoms with E-state index in [4.69, 9.17) is 16.6 Å². The standard InChI is InChI=1S/C22H24BrClN8/c1-3-17-19-15(24)5-4-6-16(19)30-22(32(17)31-9-7-25-8-10-31)13(2)29-21-18-14(23)11-26-20(18)27-12-28-21/h3-6,11-13,25H,7-10H2,1-2H3,(H2,26,27,28,29)/b17-3+/t13-/m0/s1. The second kappa shape index (κ2) is 8.82. The van der Waals surface area contributed by atoms with Gasteiger partial charge in [0.2, 0.25) is 0 Å². The van der Waals surface area contributed by atoms with E-state index < -0.39 is 0 Å². The number of H-pyrrole nitrogens is 1. The van der Waals surface area contributed by atoms with Crippen LogP contribution in [0.5, 0.6) is 0 Å². The molecule has 3 aromatic rings. The summed E-state index contributed by atoms with van der Waals surface area (Å²) in [6.07, 6.45) is 5.54. The predicted molar refractivity (Wildman–Crippen MR) is 133 cm³/mol. The number of nitrogens with one attached hydrogen (secondary N) is 3. The molecule has 166 valence electrons. The van der Waals surface area contributed by atoms with E-state index >= 15 is 0 Å². The molecular weight excluding hydrogens is 492 g/mol. The summed E-state index contributed by atoms with van der Waals surface area (Å²) in [6, 6.07) is 5.74. The Morgan fingerprint density at radius 1 is 1.25 bits per heavy atom. The number of halogens is 2. The molecule has 0 spiro atoms. The van der Waals surface area contributed by atoms with Crippen LogP contribution in [0.15, 0.2) is 46.3 Å². The Balaban J connectivity index is 1.59. The largest absolute Gasteiger partial charge is 0.360 e. The first-order valence-corrected chi connectivity index (χ1v) is 11.8. The summed E-state index contributed by atoms with van der Waals surface area (Å²) in [5, 5.41) is 13.2. The van der Waals surface area contributed by atoms with Crippen LogP contribution in [-0.4, -0.2) is 63.0 Å². The fourth-order valence-electron chi connectivity index (χ4n) is 4.26. The monoisotopic (exact) mass is 514 g/mol. The van der Waals surface area contributed by atoms with Crippen LogP contribution in [0.3, 0.4) is 0 Å². The van der Waals surface area contributed by atoms with Crippen LogP contribution in [0, 0.1) is 0 Å². The number of hydrogen-bond donors (Lipinski definition) is 3. The van der Waals surface area contributed by atoms with Gasteiger partial charge in [0.25, 0.3) is 0 Å². The summed E-state index contributed by atoms with van der Waals surface area (Å²) in [5.41, 5.74) is 3.65. The first-order valence-electron chi connectivity index (χ1n) is 10.6. The molecule has 1 atom stereocenters. The molecule has 0 saturated carbocycles. The third-order valence-corrected chi connectivity index (χ3v) is 6.68. The van der Waals surface area contributed by atoms with Gasteiger partial charge in [0.15, 0.2) is 0 Å². The van der Waals surface area contributed by atoms with Crippen LogP contribution < -0.4 is 10.6 Å². The summed E-state index contributed by atoms with van der Waals surface area (Å²) in [5.74, 6) is 1.64. The number of aliphatic imine (C=N–C) groups is 1. The number of benzene rings is 1. The van der Waals surface area contributed by atoms with Crippen molar-refractivity contribution >= 4 is 61.6 Å². The molecule has 5 rings (SSSR count). The molecule has 4 heterocycles. The van der Waals surface area contributed by atoms with Gasteiger partial charge in [-0.2, -0.15) is 0 Å². The SMILES string of the molecule is C/C=C1\c2c(Cl)cccc2N=C([C@H](C)Nc2ncnc3[nH]cc(Br)c23)N1N1CCNCC1. The Kier molecular flexibility index (Phi) is 5.90. The minimum absolute atomic E-state index is 0.133. The van der Waals surface area contributed by atoms with Gasteiger partial charge in [-0.05, 0) is 41.9 Å². The third kappa shape index (κ3) is 3.69.